The van der Waals surface area contributed by atoms with Crippen molar-refractivity contribution in [2.75, 3.05) is 5.73 Å². The van der Waals surface area contributed by atoms with Crippen LogP contribution in [0, 0.1) is 0 Å². The molecule has 0 aliphatic rings. The van der Waals surface area contributed by atoms with Crippen molar-refractivity contribution in [1.29, 1.82) is 0 Å². The lowest BCUT2D eigenvalue weighted by atomic mass is 10.0. The normalized spacial score (nSPS) is 11.7. The van der Waals surface area contributed by atoms with Gasteiger partial charge in [0.05, 0.1) is 10.6 Å². The fourth-order valence-electron chi connectivity index (χ4n) is 3.05. The summed E-state index contributed by atoms with van der Waals surface area (Å²) in [6.07, 6.45) is -1.26. The topological polar surface area (TPSA) is 106 Å². The number of hydrogen-bond donors (Lipinski definition) is 3. The first-order chi connectivity index (χ1) is 14.5. The number of phenols is 1. The van der Waals surface area contributed by atoms with Gasteiger partial charge in [0.2, 0.25) is 12.0 Å². The SMILES string of the molecule is Nc1c(-c2ccc(O)cc2)cc(-c2cccs2)nc1OC(C(=O)O)c1ccccc1. The van der Waals surface area contributed by atoms with Gasteiger partial charge in [-0.3, -0.25) is 0 Å². The third kappa shape index (κ3) is 3.97. The van der Waals surface area contributed by atoms with Crippen LogP contribution in [0.2, 0.25) is 0 Å². The molecule has 0 saturated carbocycles. The van der Waals surface area contributed by atoms with E-state index in [1.807, 2.05) is 23.6 Å². The van der Waals surface area contributed by atoms with Gasteiger partial charge in [0.15, 0.2) is 0 Å². The summed E-state index contributed by atoms with van der Waals surface area (Å²) >= 11 is 1.50. The van der Waals surface area contributed by atoms with Crippen LogP contribution in [0.5, 0.6) is 11.6 Å². The van der Waals surface area contributed by atoms with E-state index in [1.54, 1.807) is 54.6 Å². The molecule has 150 valence electrons. The van der Waals surface area contributed by atoms with E-state index in [4.69, 9.17) is 10.5 Å². The quantitative estimate of drug-likeness (QED) is 0.408. The molecule has 0 aliphatic carbocycles. The maximum absolute atomic E-state index is 11.9. The monoisotopic (exact) mass is 418 g/mol. The summed E-state index contributed by atoms with van der Waals surface area (Å²) in [6.45, 7) is 0. The van der Waals surface area contributed by atoms with E-state index >= 15 is 0 Å². The van der Waals surface area contributed by atoms with Gasteiger partial charge < -0.3 is 20.7 Å². The van der Waals surface area contributed by atoms with E-state index < -0.39 is 12.1 Å². The average Bonchev–Trinajstić information content (AvgIpc) is 3.29. The Morgan fingerprint density at radius 1 is 1.03 bits per heavy atom. The average molecular weight is 418 g/mol. The molecule has 4 aromatic rings. The van der Waals surface area contributed by atoms with E-state index in [0.29, 0.717) is 16.8 Å². The zero-order chi connectivity index (χ0) is 21.1. The second kappa shape index (κ2) is 8.26. The fraction of sp³-hybridized carbons (Fsp3) is 0.0435. The molecule has 0 saturated heterocycles. The molecule has 0 amide bonds. The number of pyridine rings is 1. The van der Waals surface area contributed by atoms with Gasteiger partial charge in [-0.2, -0.15) is 0 Å². The lowest BCUT2D eigenvalue weighted by molar-refractivity contribution is -0.145. The zero-order valence-electron chi connectivity index (χ0n) is 15.7. The van der Waals surface area contributed by atoms with Crippen LogP contribution in [0.4, 0.5) is 5.69 Å². The number of thiophene rings is 1. The van der Waals surface area contributed by atoms with Crippen molar-refractivity contribution in [1.82, 2.24) is 4.98 Å². The molecule has 0 radical (unpaired) electrons. The number of benzene rings is 2. The number of nitrogens with zero attached hydrogens (tertiary/aromatic N) is 1. The Labute approximate surface area is 176 Å². The molecule has 4 N–H and O–H groups in total. The highest BCUT2D eigenvalue weighted by Gasteiger charge is 2.25. The highest BCUT2D eigenvalue weighted by molar-refractivity contribution is 7.13. The lowest BCUT2D eigenvalue weighted by Crippen LogP contribution is -2.19. The number of carboxylic acid groups (broad SMARTS) is 1. The van der Waals surface area contributed by atoms with Gasteiger partial charge >= 0.3 is 5.97 Å². The minimum atomic E-state index is -1.26. The number of ether oxygens (including phenoxy) is 1. The molecule has 2 aromatic carbocycles. The van der Waals surface area contributed by atoms with Gasteiger partial charge in [-0.1, -0.05) is 48.5 Å². The first-order valence-corrected chi connectivity index (χ1v) is 9.99. The van der Waals surface area contributed by atoms with Crippen LogP contribution in [-0.4, -0.2) is 21.2 Å². The molecule has 4 rings (SSSR count). The highest BCUT2D eigenvalue weighted by Crippen LogP contribution is 2.39. The molecular weight excluding hydrogens is 400 g/mol. The molecule has 2 aromatic heterocycles. The number of aliphatic carboxylic acids is 1. The summed E-state index contributed by atoms with van der Waals surface area (Å²) in [7, 11) is 0. The second-order valence-electron chi connectivity index (χ2n) is 6.54. The molecule has 0 fully saturated rings. The van der Waals surface area contributed by atoms with Gasteiger partial charge in [-0.15, -0.1) is 11.3 Å². The van der Waals surface area contributed by atoms with E-state index in [9.17, 15) is 15.0 Å². The van der Waals surface area contributed by atoms with Crippen molar-refractivity contribution in [3.8, 4) is 33.3 Å². The maximum atomic E-state index is 11.9. The number of anilines is 1. The second-order valence-corrected chi connectivity index (χ2v) is 7.49. The number of carbonyl (C=O) groups is 1. The number of phenolic OH excluding ortho intramolecular Hbond substituents is 1. The Hall–Kier alpha value is -3.84. The van der Waals surface area contributed by atoms with Crippen molar-refractivity contribution >= 4 is 23.0 Å². The molecule has 0 bridgehead atoms. The van der Waals surface area contributed by atoms with Crippen LogP contribution < -0.4 is 10.5 Å². The van der Waals surface area contributed by atoms with Crippen molar-refractivity contribution in [3.05, 3.63) is 83.7 Å². The number of nitrogen functional groups attached to an aromatic ring is 1. The Morgan fingerprint density at radius 2 is 1.77 bits per heavy atom. The number of aromatic hydroxyl groups is 1. The number of rotatable bonds is 6. The molecule has 2 heterocycles. The van der Waals surface area contributed by atoms with Gasteiger partial charge in [-0.25, -0.2) is 9.78 Å². The summed E-state index contributed by atoms with van der Waals surface area (Å²) in [5, 5.41) is 21.3. The molecular formula is C23H18N2O4S. The Morgan fingerprint density at radius 3 is 2.40 bits per heavy atom. The smallest absolute Gasteiger partial charge is 0.349 e. The van der Waals surface area contributed by atoms with E-state index in [2.05, 4.69) is 4.98 Å². The fourth-order valence-corrected chi connectivity index (χ4v) is 3.74. The Kier molecular flexibility index (Phi) is 5.36. The molecule has 0 spiro atoms. The molecule has 6 nitrogen and oxygen atoms in total. The highest BCUT2D eigenvalue weighted by atomic mass is 32.1. The van der Waals surface area contributed by atoms with Gasteiger partial charge in [-0.05, 0) is 35.2 Å². The minimum absolute atomic E-state index is 0.0419. The van der Waals surface area contributed by atoms with Crippen molar-refractivity contribution in [3.63, 3.8) is 0 Å². The predicted molar refractivity (Wildman–Crippen MR) is 117 cm³/mol. The van der Waals surface area contributed by atoms with E-state index in [0.717, 1.165) is 10.4 Å². The van der Waals surface area contributed by atoms with Crippen molar-refractivity contribution < 1.29 is 19.7 Å². The third-order valence-corrected chi connectivity index (χ3v) is 5.42. The van der Waals surface area contributed by atoms with Gasteiger partial charge in [0.25, 0.3) is 0 Å². The van der Waals surface area contributed by atoms with Crippen LogP contribution in [-0.2, 0) is 4.79 Å². The minimum Gasteiger partial charge on any atom is -0.508 e. The molecule has 0 aliphatic heterocycles. The van der Waals surface area contributed by atoms with E-state index in [1.165, 1.54) is 11.3 Å². The first-order valence-electron chi connectivity index (χ1n) is 9.11. The number of hydrogen-bond acceptors (Lipinski definition) is 6. The molecule has 7 heteroatoms. The number of carboxylic acids is 1. The van der Waals surface area contributed by atoms with Crippen molar-refractivity contribution in [2.45, 2.75) is 6.10 Å². The summed E-state index contributed by atoms with van der Waals surface area (Å²) < 4.78 is 5.84. The number of nitrogens with two attached hydrogens (primary N) is 1. The van der Waals surface area contributed by atoms with Crippen LogP contribution in [0.1, 0.15) is 11.7 Å². The number of aromatic nitrogens is 1. The maximum Gasteiger partial charge on any atom is 0.349 e. The summed E-state index contributed by atoms with van der Waals surface area (Å²) in [5.41, 5.74) is 9.08. The lowest BCUT2D eigenvalue weighted by Gasteiger charge is -2.18. The van der Waals surface area contributed by atoms with E-state index in [-0.39, 0.29) is 17.3 Å². The van der Waals surface area contributed by atoms with Gasteiger partial charge in [0.1, 0.15) is 11.4 Å². The third-order valence-electron chi connectivity index (χ3n) is 4.53. The molecule has 1 unspecified atom stereocenters. The molecule has 30 heavy (non-hydrogen) atoms. The van der Waals surface area contributed by atoms with Crippen LogP contribution in [0.25, 0.3) is 21.7 Å². The van der Waals surface area contributed by atoms with Crippen molar-refractivity contribution in [2.24, 2.45) is 0 Å². The zero-order valence-corrected chi connectivity index (χ0v) is 16.5. The van der Waals surface area contributed by atoms with Gasteiger partial charge in [0, 0.05) is 11.1 Å². The Balaban J connectivity index is 1.84. The summed E-state index contributed by atoms with van der Waals surface area (Å²) in [6, 6.07) is 20.9. The molecule has 1 atom stereocenters. The summed E-state index contributed by atoms with van der Waals surface area (Å²) in [5.74, 6) is -0.966. The Bertz CT molecular complexity index is 1160. The van der Waals surface area contributed by atoms with Crippen LogP contribution >= 0.6 is 11.3 Å². The summed E-state index contributed by atoms with van der Waals surface area (Å²) in [4.78, 5) is 17.3. The largest absolute Gasteiger partial charge is 0.508 e. The standard InChI is InChI=1S/C23H18N2O4S/c24-20-17(14-8-10-16(26)11-9-14)13-18(19-7-4-12-30-19)25-22(20)29-21(23(27)28)15-5-2-1-3-6-15/h1-13,21,26H,24H2,(H,27,28). The van der Waals surface area contributed by atoms with Crippen LogP contribution in [0.15, 0.2) is 78.2 Å². The first kappa shape index (κ1) is 19.5. The van der Waals surface area contributed by atoms with Crippen LogP contribution in [0.3, 0.4) is 0 Å². The predicted octanol–water partition coefficient (Wildman–Crippen LogP) is 4.97.